The summed E-state index contributed by atoms with van der Waals surface area (Å²) in [5.41, 5.74) is -0.781. The molecule has 0 aromatic heterocycles. The largest absolute Gasteiger partial charge is 0.494 e. The Hall–Kier alpha value is -2.50. The average molecular weight is 431 g/mol. The first-order valence-electron chi connectivity index (χ1n) is 9.92. The lowest BCUT2D eigenvalue weighted by Gasteiger charge is -2.30. The number of carbonyl (C=O) groups excluding carboxylic acids is 2. The third-order valence-electron chi connectivity index (χ3n) is 5.79. The SMILES string of the molecule is C#CCN1C(=O)C2C(c3ccc(OCCC)cc3)NC(CCSC)(C(=O)O)C2C1=O. The lowest BCUT2D eigenvalue weighted by Crippen LogP contribution is -2.56. The van der Waals surface area contributed by atoms with Gasteiger partial charge in [0.2, 0.25) is 11.8 Å². The molecule has 0 spiro atoms. The van der Waals surface area contributed by atoms with Gasteiger partial charge >= 0.3 is 5.97 Å². The second kappa shape index (κ2) is 9.11. The normalized spacial score (nSPS) is 27.8. The van der Waals surface area contributed by atoms with Crippen molar-refractivity contribution in [1.82, 2.24) is 10.2 Å². The number of benzene rings is 1. The van der Waals surface area contributed by atoms with Gasteiger partial charge in [-0.3, -0.25) is 24.6 Å². The van der Waals surface area contributed by atoms with E-state index in [1.165, 1.54) is 11.8 Å². The van der Waals surface area contributed by atoms with Crippen LogP contribution >= 0.6 is 11.8 Å². The van der Waals surface area contributed by atoms with Crippen LogP contribution in [0.15, 0.2) is 24.3 Å². The molecule has 2 aliphatic rings. The predicted molar refractivity (Wildman–Crippen MR) is 114 cm³/mol. The minimum Gasteiger partial charge on any atom is -0.494 e. The summed E-state index contributed by atoms with van der Waals surface area (Å²) in [6.07, 6.45) is 8.33. The van der Waals surface area contributed by atoms with Crippen molar-refractivity contribution in [1.29, 1.82) is 0 Å². The molecule has 1 aromatic rings. The van der Waals surface area contributed by atoms with Crippen LogP contribution in [0.4, 0.5) is 0 Å². The van der Waals surface area contributed by atoms with Crippen LogP contribution in [0.3, 0.4) is 0 Å². The molecule has 160 valence electrons. The highest BCUT2D eigenvalue weighted by molar-refractivity contribution is 7.98. The number of likely N-dealkylation sites (tertiary alicyclic amines) is 1. The third kappa shape index (κ3) is 3.68. The van der Waals surface area contributed by atoms with Gasteiger partial charge in [0.15, 0.2) is 0 Å². The smallest absolute Gasteiger partial charge is 0.324 e. The van der Waals surface area contributed by atoms with E-state index in [9.17, 15) is 19.5 Å². The fraction of sp³-hybridized carbons (Fsp3) is 0.500. The van der Waals surface area contributed by atoms with Gasteiger partial charge in [0.05, 0.1) is 25.0 Å². The first-order chi connectivity index (χ1) is 14.4. The van der Waals surface area contributed by atoms with Gasteiger partial charge in [0.1, 0.15) is 11.3 Å². The third-order valence-corrected chi connectivity index (χ3v) is 6.40. The molecule has 4 atom stereocenters. The molecule has 2 amide bonds. The van der Waals surface area contributed by atoms with Gasteiger partial charge in [0.25, 0.3) is 0 Å². The first kappa shape index (κ1) is 22.2. The van der Waals surface area contributed by atoms with Gasteiger partial charge in [-0.25, -0.2) is 0 Å². The van der Waals surface area contributed by atoms with Crippen LogP contribution in [0.2, 0.25) is 0 Å². The number of carbonyl (C=O) groups is 3. The molecule has 0 radical (unpaired) electrons. The van der Waals surface area contributed by atoms with Crippen LogP contribution in [-0.4, -0.2) is 58.5 Å². The first-order valence-corrected chi connectivity index (χ1v) is 11.3. The van der Waals surface area contributed by atoms with Gasteiger partial charge in [-0.2, -0.15) is 11.8 Å². The van der Waals surface area contributed by atoms with Crippen molar-refractivity contribution >= 4 is 29.5 Å². The Morgan fingerprint density at radius 3 is 2.60 bits per heavy atom. The van der Waals surface area contributed by atoms with E-state index in [4.69, 9.17) is 11.2 Å². The molecule has 0 bridgehead atoms. The summed E-state index contributed by atoms with van der Waals surface area (Å²) in [7, 11) is 0. The Bertz CT molecular complexity index is 865. The lowest BCUT2D eigenvalue weighted by atomic mass is 9.78. The van der Waals surface area contributed by atoms with Gasteiger partial charge in [0, 0.05) is 6.04 Å². The number of rotatable bonds is 9. The number of hydrogen-bond donors (Lipinski definition) is 2. The van der Waals surface area contributed by atoms with Crippen molar-refractivity contribution < 1.29 is 24.2 Å². The molecule has 0 aliphatic carbocycles. The summed E-state index contributed by atoms with van der Waals surface area (Å²) in [5, 5.41) is 13.3. The molecule has 3 rings (SSSR count). The topological polar surface area (TPSA) is 95.9 Å². The maximum absolute atomic E-state index is 13.1. The van der Waals surface area contributed by atoms with E-state index in [0.717, 1.165) is 16.9 Å². The van der Waals surface area contributed by atoms with Crippen molar-refractivity contribution in [2.45, 2.75) is 31.3 Å². The Morgan fingerprint density at radius 2 is 2.03 bits per heavy atom. The van der Waals surface area contributed by atoms with E-state index in [1.807, 2.05) is 25.3 Å². The van der Waals surface area contributed by atoms with Gasteiger partial charge < -0.3 is 9.84 Å². The summed E-state index contributed by atoms with van der Waals surface area (Å²) in [6.45, 7) is 2.46. The summed E-state index contributed by atoms with van der Waals surface area (Å²) >= 11 is 1.50. The molecule has 2 heterocycles. The number of hydrogen-bond acceptors (Lipinski definition) is 6. The molecule has 2 N–H and O–H groups in total. The quantitative estimate of drug-likeness (QED) is 0.456. The second-order valence-electron chi connectivity index (χ2n) is 7.53. The highest BCUT2D eigenvalue weighted by Crippen LogP contribution is 2.50. The molecule has 1 aromatic carbocycles. The van der Waals surface area contributed by atoms with Crippen molar-refractivity contribution in [2.24, 2.45) is 11.8 Å². The number of nitrogens with zero attached hydrogens (tertiary/aromatic N) is 1. The standard InChI is InChI=1S/C22H26N2O5S/c1-4-11-24-19(25)16-17(20(24)26)22(21(27)28,10-13-30-3)23-18(16)14-6-8-15(9-7-14)29-12-5-2/h1,6-9,16-18,23H,5,10-13H2,2-3H3,(H,27,28). The highest BCUT2D eigenvalue weighted by atomic mass is 32.2. The van der Waals surface area contributed by atoms with Crippen LogP contribution in [-0.2, 0) is 14.4 Å². The number of amides is 2. The molecule has 0 saturated carbocycles. The zero-order chi connectivity index (χ0) is 21.9. The number of fused-ring (bicyclic) bond motifs is 1. The minimum absolute atomic E-state index is 0.153. The van der Waals surface area contributed by atoms with Crippen LogP contribution in [0, 0.1) is 24.2 Å². The van der Waals surface area contributed by atoms with Crippen LogP contribution in [0.25, 0.3) is 0 Å². The van der Waals surface area contributed by atoms with E-state index >= 15 is 0 Å². The van der Waals surface area contributed by atoms with Crippen molar-refractivity contribution in [3.8, 4) is 18.1 Å². The average Bonchev–Trinajstić information content (AvgIpc) is 3.21. The van der Waals surface area contributed by atoms with Crippen molar-refractivity contribution in [3.05, 3.63) is 29.8 Å². The summed E-state index contributed by atoms with van der Waals surface area (Å²) in [4.78, 5) is 39.7. The van der Waals surface area contributed by atoms with E-state index in [0.29, 0.717) is 18.1 Å². The van der Waals surface area contributed by atoms with E-state index in [2.05, 4.69) is 11.2 Å². The minimum atomic E-state index is -1.52. The summed E-state index contributed by atoms with van der Waals surface area (Å²) in [6, 6.07) is 6.62. The Morgan fingerprint density at radius 1 is 1.33 bits per heavy atom. The predicted octanol–water partition coefficient (Wildman–Crippen LogP) is 1.93. The second-order valence-corrected chi connectivity index (χ2v) is 8.51. The number of carboxylic acids is 1. The van der Waals surface area contributed by atoms with Crippen molar-refractivity contribution in [3.63, 3.8) is 0 Å². The van der Waals surface area contributed by atoms with E-state index in [1.54, 1.807) is 12.1 Å². The number of thioether (sulfide) groups is 1. The van der Waals surface area contributed by atoms with Gasteiger partial charge in [-0.15, -0.1) is 6.42 Å². The fourth-order valence-corrected chi connectivity index (χ4v) is 4.91. The molecule has 2 aliphatic heterocycles. The molecule has 8 heteroatoms. The highest BCUT2D eigenvalue weighted by Gasteiger charge is 2.68. The Balaban J connectivity index is 2.02. The van der Waals surface area contributed by atoms with Gasteiger partial charge in [-0.05, 0) is 42.5 Å². The van der Waals surface area contributed by atoms with E-state index in [-0.39, 0.29) is 13.0 Å². The van der Waals surface area contributed by atoms with E-state index < -0.39 is 41.2 Å². The number of nitrogens with one attached hydrogen (secondary N) is 1. The maximum atomic E-state index is 13.1. The maximum Gasteiger partial charge on any atom is 0.324 e. The molecule has 30 heavy (non-hydrogen) atoms. The summed E-state index contributed by atoms with van der Waals surface area (Å²) < 4.78 is 5.61. The van der Waals surface area contributed by atoms with Crippen molar-refractivity contribution in [2.75, 3.05) is 25.2 Å². The number of ether oxygens (including phenoxy) is 1. The number of imide groups is 1. The zero-order valence-corrected chi connectivity index (χ0v) is 17.9. The lowest BCUT2D eigenvalue weighted by molar-refractivity contribution is -0.151. The van der Waals surface area contributed by atoms with Crippen LogP contribution in [0.1, 0.15) is 31.4 Å². The molecule has 4 unspecified atom stereocenters. The van der Waals surface area contributed by atoms with Gasteiger partial charge in [-0.1, -0.05) is 25.0 Å². The Kier molecular flexibility index (Phi) is 6.74. The van der Waals surface area contributed by atoms with Crippen LogP contribution in [0.5, 0.6) is 5.75 Å². The number of terminal acetylenes is 1. The zero-order valence-electron chi connectivity index (χ0n) is 17.1. The molecule has 7 nitrogen and oxygen atoms in total. The number of aliphatic carboxylic acids is 1. The molecular weight excluding hydrogens is 404 g/mol. The Labute approximate surface area is 180 Å². The molecular formula is C22H26N2O5S. The molecule has 2 saturated heterocycles. The summed E-state index contributed by atoms with van der Waals surface area (Å²) in [5.74, 6) is -0.289. The fourth-order valence-electron chi connectivity index (χ4n) is 4.38. The van der Waals surface area contributed by atoms with Crippen LogP contribution < -0.4 is 10.1 Å². The molecule has 2 fully saturated rings. The number of carboxylic acid groups (broad SMARTS) is 1. The monoisotopic (exact) mass is 430 g/mol.